The first kappa shape index (κ1) is 12.0. The Kier molecular flexibility index (Phi) is 5.08. The van der Waals surface area contributed by atoms with Gasteiger partial charge in [0.25, 0.3) is 0 Å². The predicted molar refractivity (Wildman–Crippen MR) is 61.4 cm³/mol. The summed E-state index contributed by atoms with van der Waals surface area (Å²) in [6.45, 7) is 5.37. The number of nitrogens with one attached hydrogen (secondary N) is 1. The van der Waals surface area contributed by atoms with E-state index in [0.717, 1.165) is 24.7 Å². The number of aromatic nitrogens is 1. The fraction of sp³-hybridized carbons (Fsp3) is 0.583. The monoisotopic (exact) mass is 210 g/mol. The molecule has 1 heterocycles. The summed E-state index contributed by atoms with van der Waals surface area (Å²) >= 11 is 0. The van der Waals surface area contributed by atoms with E-state index in [1.807, 2.05) is 0 Å². The van der Waals surface area contributed by atoms with Gasteiger partial charge in [-0.25, -0.2) is 9.37 Å². The predicted octanol–water partition coefficient (Wildman–Crippen LogP) is 3.46. The summed E-state index contributed by atoms with van der Waals surface area (Å²) in [6, 6.07) is 3.08. The molecule has 0 atom stereocenters. The van der Waals surface area contributed by atoms with E-state index in [4.69, 9.17) is 0 Å². The van der Waals surface area contributed by atoms with E-state index in [9.17, 15) is 4.39 Å². The Labute approximate surface area is 90.9 Å². The molecule has 1 aromatic rings. The fourth-order valence-corrected chi connectivity index (χ4v) is 1.37. The molecule has 15 heavy (non-hydrogen) atoms. The molecule has 0 fully saturated rings. The molecule has 0 saturated carbocycles. The van der Waals surface area contributed by atoms with Crippen LogP contribution < -0.4 is 5.32 Å². The lowest BCUT2D eigenvalue weighted by Crippen LogP contribution is -2.03. The van der Waals surface area contributed by atoms with Crippen molar-refractivity contribution in [3.63, 3.8) is 0 Å². The van der Waals surface area contributed by atoms with Crippen LogP contribution in [0.2, 0.25) is 0 Å². The fourth-order valence-electron chi connectivity index (χ4n) is 1.37. The molecule has 3 heteroatoms. The van der Waals surface area contributed by atoms with Crippen molar-refractivity contribution in [2.45, 2.75) is 33.1 Å². The molecule has 0 unspecified atom stereocenters. The highest BCUT2D eigenvalue weighted by molar-refractivity contribution is 5.33. The molecular weight excluding hydrogens is 191 g/mol. The second kappa shape index (κ2) is 6.38. The molecule has 0 aliphatic rings. The van der Waals surface area contributed by atoms with Gasteiger partial charge in [0.2, 0.25) is 0 Å². The van der Waals surface area contributed by atoms with Gasteiger partial charge < -0.3 is 5.32 Å². The van der Waals surface area contributed by atoms with E-state index < -0.39 is 0 Å². The lowest BCUT2D eigenvalue weighted by molar-refractivity contribution is 0.544. The standard InChI is InChI=1S/C12H19FN2/c1-10(2)5-3-4-8-14-12-7-6-11(13)9-15-12/h6-7,9-10H,3-5,8H2,1-2H3,(H,14,15). The van der Waals surface area contributed by atoms with Crippen LogP contribution in [0, 0.1) is 11.7 Å². The Morgan fingerprint density at radius 2 is 2.13 bits per heavy atom. The van der Waals surface area contributed by atoms with E-state index >= 15 is 0 Å². The van der Waals surface area contributed by atoms with Crippen LogP contribution >= 0.6 is 0 Å². The third-order valence-corrected chi connectivity index (χ3v) is 2.24. The number of hydrogen-bond donors (Lipinski definition) is 1. The van der Waals surface area contributed by atoms with Crippen molar-refractivity contribution in [1.29, 1.82) is 0 Å². The quantitative estimate of drug-likeness (QED) is 0.727. The second-order valence-electron chi connectivity index (χ2n) is 4.18. The molecule has 0 bridgehead atoms. The first-order valence-corrected chi connectivity index (χ1v) is 5.54. The number of anilines is 1. The smallest absolute Gasteiger partial charge is 0.141 e. The lowest BCUT2D eigenvalue weighted by atomic mass is 10.1. The molecule has 0 aliphatic carbocycles. The van der Waals surface area contributed by atoms with Gasteiger partial charge in [-0.05, 0) is 24.5 Å². The van der Waals surface area contributed by atoms with Crippen LogP contribution in [0.5, 0.6) is 0 Å². The summed E-state index contributed by atoms with van der Waals surface area (Å²) in [5, 5.41) is 3.17. The highest BCUT2D eigenvalue weighted by Gasteiger charge is 1.96. The second-order valence-corrected chi connectivity index (χ2v) is 4.18. The number of hydrogen-bond acceptors (Lipinski definition) is 2. The summed E-state index contributed by atoms with van der Waals surface area (Å²) in [4.78, 5) is 3.92. The zero-order valence-corrected chi connectivity index (χ0v) is 9.46. The van der Waals surface area contributed by atoms with E-state index in [0.29, 0.717) is 0 Å². The summed E-state index contributed by atoms with van der Waals surface area (Å²) in [5.74, 6) is 1.23. The molecule has 0 saturated heterocycles. The minimum Gasteiger partial charge on any atom is -0.370 e. The van der Waals surface area contributed by atoms with Crippen molar-refractivity contribution < 1.29 is 4.39 Å². The highest BCUT2D eigenvalue weighted by Crippen LogP contribution is 2.07. The summed E-state index contributed by atoms with van der Waals surface area (Å²) < 4.78 is 12.5. The molecule has 84 valence electrons. The normalized spacial score (nSPS) is 10.7. The van der Waals surface area contributed by atoms with E-state index in [1.54, 1.807) is 6.07 Å². The van der Waals surface area contributed by atoms with Crippen molar-refractivity contribution in [2.75, 3.05) is 11.9 Å². The number of unbranched alkanes of at least 4 members (excludes halogenated alkanes) is 1. The van der Waals surface area contributed by atoms with Gasteiger partial charge >= 0.3 is 0 Å². The molecular formula is C12H19FN2. The van der Waals surface area contributed by atoms with Crippen LogP contribution in [0.15, 0.2) is 18.3 Å². The molecule has 1 rings (SSSR count). The third kappa shape index (κ3) is 5.35. The Hall–Kier alpha value is -1.12. The molecule has 0 radical (unpaired) electrons. The van der Waals surface area contributed by atoms with Gasteiger partial charge in [0.15, 0.2) is 0 Å². The average molecular weight is 210 g/mol. The Balaban J connectivity index is 2.12. The Bertz CT molecular complexity index is 269. The first-order chi connectivity index (χ1) is 7.18. The zero-order valence-electron chi connectivity index (χ0n) is 9.46. The maximum Gasteiger partial charge on any atom is 0.141 e. The van der Waals surface area contributed by atoms with E-state index in [-0.39, 0.29) is 5.82 Å². The maximum absolute atomic E-state index is 12.5. The number of halogens is 1. The van der Waals surface area contributed by atoms with Gasteiger partial charge in [-0.15, -0.1) is 0 Å². The molecule has 0 aromatic carbocycles. The minimum absolute atomic E-state index is 0.291. The van der Waals surface area contributed by atoms with Crippen molar-refractivity contribution >= 4 is 5.82 Å². The zero-order chi connectivity index (χ0) is 11.1. The van der Waals surface area contributed by atoms with Crippen LogP contribution in [0.1, 0.15) is 33.1 Å². The number of rotatable bonds is 6. The molecule has 0 aliphatic heterocycles. The molecule has 2 nitrogen and oxygen atoms in total. The Morgan fingerprint density at radius 3 is 2.73 bits per heavy atom. The first-order valence-electron chi connectivity index (χ1n) is 5.54. The lowest BCUT2D eigenvalue weighted by Gasteiger charge is -2.06. The largest absolute Gasteiger partial charge is 0.370 e. The summed E-state index contributed by atoms with van der Waals surface area (Å²) in [6.07, 6.45) is 4.86. The van der Waals surface area contributed by atoms with Gasteiger partial charge in [0.1, 0.15) is 11.6 Å². The SMILES string of the molecule is CC(C)CCCCNc1ccc(F)cn1. The van der Waals surface area contributed by atoms with Gasteiger partial charge in [-0.2, -0.15) is 0 Å². The molecule has 0 spiro atoms. The third-order valence-electron chi connectivity index (χ3n) is 2.24. The van der Waals surface area contributed by atoms with Gasteiger partial charge in [0, 0.05) is 6.54 Å². The van der Waals surface area contributed by atoms with Crippen LogP contribution in [-0.4, -0.2) is 11.5 Å². The topological polar surface area (TPSA) is 24.9 Å². The van der Waals surface area contributed by atoms with Crippen LogP contribution in [-0.2, 0) is 0 Å². The summed E-state index contributed by atoms with van der Waals surface area (Å²) in [7, 11) is 0. The van der Waals surface area contributed by atoms with Gasteiger partial charge in [-0.1, -0.05) is 26.7 Å². The van der Waals surface area contributed by atoms with Crippen molar-refractivity contribution in [1.82, 2.24) is 4.98 Å². The molecule has 1 aromatic heterocycles. The maximum atomic E-state index is 12.5. The molecule has 0 amide bonds. The Morgan fingerprint density at radius 1 is 1.33 bits per heavy atom. The molecule has 1 N–H and O–H groups in total. The van der Waals surface area contributed by atoms with Crippen molar-refractivity contribution in [3.05, 3.63) is 24.1 Å². The average Bonchev–Trinajstić information content (AvgIpc) is 2.20. The van der Waals surface area contributed by atoms with E-state index in [2.05, 4.69) is 24.1 Å². The van der Waals surface area contributed by atoms with Crippen molar-refractivity contribution in [3.8, 4) is 0 Å². The minimum atomic E-state index is -0.291. The van der Waals surface area contributed by atoms with Crippen LogP contribution in [0.3, 0.4) is 0 Å². The van der Waals surface area contributed by atoms with E-state index in [1.165, 1.54) is 25.1 Å². The van der Waals surface area contributed by atoms with Crippen molar-refractivity contribution in [2.24, 2.45) is 5.92 Å². The number of pyridine rings is 1. The summed E-state index contributed by atoms with van der Waals surface area (Å²) in [5.41, 5.74) is 0. The number of nitrogens with zero attached hydrogens (tertiary/aromatic N) is 1. The van der Waals surface area contributed by atoms with Gasteiger partial charge in [-0.3, -0.25) is 0 Å². The van der Waals surface area contributed by atoms with Gasteiger partial charge in [0.05, 0.1) is 6.20 Å². The van der Waals surface area contributed by atoms with Crippen LogP contribution in [0.4, 0.5) is 10.2 Å². The highest BCUT2D eigenvalue weighted by atomic mass is 19.1. The van der Waals surface area contributed by atoms with Crippen LogP contribution in [0.25, 0.3) is 0 Å².